The number of amides is 1. The van der Waals surface area contributed by atoms with E-state index in [4.69, 9.17) is 9.57 Å². The standard InChI is InChI=1S/C18H22F2N6O5/c1-26-12(2-9(24-26)5-30-16(19)20)15(27)21-14-4-11(22-23-14)13-3-10(6-29-13)25-31-18-7-17(18,28)8-18/h2,4,10,13,16,25,28H,3,5-8H2,1H3,(H2,21,22,23,27). The second-order valence-electron chi connectivity index (χ2n) is 8.23. The van der Waals surface area contributed by atoms with Gasteiger partial charge in [0.15, 0.2) is 5.82 Å². The van der Waals surface area contributed by atoms with Crippen molar-refractivity contribution in [1.82, 2.24) is 25.5 Å². The van der Waals surface area contributed by atoms with Crippen LogP contribution in [0.3, 0.4) is 0 Å². The summed E-state index contributed by atoms with van der Waals surface area (Å²) in [5.74, 6) is -0.194. The van der Waals surface area contributed by atoms with Crippen molar-refractivity contribution < 1.29 is 33.0 Å². The zero-order valence-electron chi connectivity index (χ0n) is 16.6. The number of aromatic amines is 1. The van der Waals surface area contributed by atoms with E-state index >= 15 is 0 Å². The molecule has 5 rings (SSSR count). The van der Waals surface area contributed by atoms with Gasteiger partial charge in [0.1, 0.15) is 23.0 Å². The van der Waals surface area contributed by atoms with E-state index in [1.807, 2.05) is 0 Å². The van der Waals surface area contributed by atoms with Crippen LogP contribution in [0.25, 0.3) is 0 Å². The van der Waals surface area contributed by atoms with Crippen LogP contribution in [0, 0.1) is 0 Å². The van der Waals surface area contributed by atoms with Gasteiger partial charge >= 0.3 is 6.61 Å². The van der Waals surface area contributed by atoms with Gasteiger partial charge in [0.2, 0.25) is 0 Å². The Labute approximate surface area is 175 Å². The molecule has 2 aromatic rings. The molecule has 1 amide bonds. The minimum absolute atomic E-state index is 0.0190. The third kappa shape index (κ3) is 3.94. The predicted molar refractivity (Wildman–Crippen MR) is 98.8 cm³/mol. The van der Waals surface area contributed by atoms with Gasteiger partial charge in [-0.25, -0.2) is 0 Å². The van der Waals surface area contributed by atoms with Gasteiger partial charge in [-0.3, -0.25) is 19.4 Å². The quantitative estimate of drug-likeness (QED) is 0.420. The summed E-state index contributed by atoms with van der Waals surface area (Å²) >= 11 is 0. The van der Waals surface area contributed by atoms with E-state index in [1.165, 1.54) is 17.8 Å². The Morgan fingerprint density at radius 2 is 2.26 bits per heavy atom. The fourth-order valence-electron chi connectivity index (χ4n) is 3.80. The molecule has 0 bridgehead atoms. The number of anilines is 1. The predicted octanol–water partition coefficient (Wildman–Crippen LogP) is 0.763. The van der Waals surface area contributed by atoms with Crippen LogP contribution in [0.1, 0.15) is 47.2 Å². The molecule has 2 saturated carbocycles. The van der Waals surface area contributed by atoms with Crippen molar-refractivity contribution in [3.63, 3.8) is 0 Å². The number of halogens is 2. The smallest absolute Gasteiger partial charge is 0.345 e. The molecule has 1 saturated heterocycles. The summed E-state index contributed by atoms with van der Waals surface area (Å²) in [6.45, 7) is -2.87. The summed E-state index contributed by atoms with van der Waals surface area (Å²) in [4.78, 5) is 18.1. The Kier molecular flexibility index (Phi) is 4.82. The van der Waals surface area contributed by atoms with E-state index < -0.39 is 30.3 Å². The number of ether oxygens (including phenoxy) is 2. The molecule has 31 heavy (non-hydrogen) atoms. The maximum absolute atomic E-state index is 12.5. The number of aromatic nitrogens is 4. The van der Waals surface area contributed by atoms with Crippen LogP contribution in [0.4, 0.5) is 14.6 Å². The lowest BCUT2D eigenvalue weighted by atomic mass is 10.1. The lowest BCUT2D eigenvalue weighted by molar-refractivity contribution is -0.138. The number of carbonyl (C=O) groups is 1. The Hall–Kier alpha value is -2.45. The summed E-state index contributed by atoms with van der Waals surface area (Å²) in [7, 11) is 1.53. The van der Waals surface area contributed by atoms with Gasteiger partial charge in [0.05, 0.1) is 30.6 Å². The number of aryl methyl sites for hydroxylation is 1. The average Bonchev–Trinajstić information content (AvgIpc) is 3.20. The Balaban J connectivity index is 1.13. The molecule has 2 aliphatic carbocycles. The van der Waals surface area contributed by atoms with E-state index in [1.54, 1.807) is 6.07 Å². The highest BCUT2D eigenvalue weighted by Crippen LogP contribution is 2.72. The van der Waals surface area contributed by atoms with Crippen LogP contribution in [-0.4, -0.2) is 61.5 Å². The first-order valence-corrected chi connectivity index (χ1v) is 9.84. The number of nitrogens with one attached hydrogen (secondary N) is 3. The molecule has 11 nitrogen and oxygen atoms in total. The third-order valence-electron chi connectivity index (χ3n) is 5.88. The van der Waals surface area contributed by atoms with E-state index in [0.717, 1.165) is 0 Å². The maximum atomic E-state index is 12.5. The largest absolute Gasteiger partial charge is 0.387 e. The van der Waals surface area contributed by atoms with Crippen molar-refractivity contribution in [1.29, 1.82) is 0 Å². The van der Waals surface area contributed by atoms with Crippen molar-refractivity contribution in [2.75, 3.05) is 11.9 Å². The number of nitrogens with zero attached hydrogens (tertiary/aromatic N) is 3. The number of hydrogen-bond acceptors (Lipinski definition) is 8. The number of fused-ring (bicyclic) bond motifs is 1. The molecule has 2 unspecified atom stereocenters. The highest BCUT2D eigenvalue weighted by atomic mass is 19.3. The summed E-state index contributed by atoms with van der Waals surface area (Å²) in [6.07, 6.45) is 1.74. The molecular formula is C18H22F2N6O5. The van der Waals surface area contributed by atoms with Gasteiger partial charge in [0, 0.05) is 26.0 Å². The molecule has 3 aliphatic rings. The summed E-state index contributed by atoms with van der Waals surface area (Å²) in [5.41, 5.74) is 3.05. The fraction of sp³-hybridized carbons (Fsp3) is 0.611. The van der Waals surface area contributed by atoms with E-state index in [-0.39, 0.29) is 23.5 Å². The molecule has 0 radical (unpaired) electrons. The number of carbonyl (C=O) groups excluding carboxylic acids is 1. The number of rotatable bonds is 9. The number of hydroxylamine groups is 1. The zero-order valence-corrected chi connectivity index (χ0v) is 16.6. The molecule has 168 valence electrons. The van der Waals surface area contributed by atoms with Crippen LogP contribution in [-0.2, 0) is 28.0 Å². The zero-order chi connectivity index (χ0) is 21.8. The molecule has 1 aliphatic heterocycles. The molecule has 2 atom stereocenters. The highest BCUT2D eigenvalue weighted by Gasteiger charge is 2.86. The molecular weight excluding hydrogens is 418 g/mol. The molecule has 2 aromatic heterocycles. The molecule has 3 fully saturated rings. The lowest BCUT2D eigenvalue weighted by Gasteiger charge is -2.12. The van der Waals surface area contributed by atoms with Crippen LogP contribution >= 0.6 is 0 Å². The van der Waals surface area contributed by atoms with Crippen molar-refractivity contribution >= 4 is 11.7 Å². The molecule has 3 heterocycles. The summed E-state index contributed by atoms with van der Waals surface area (Å²) < 4.78 is 35.6. The van der Waals surface area contributed by atoms with Gasteiger partial charge in [-0.1, -0.05) is 0 Å². The number of hydrogen-bond donors (Lipinski definition) is 4. The van der Waals surface area contributed by atoms with Gasteiger partial charge in [-0.15, -0.1) is 0 Å². The first kappa shape index (κ1) is 20.5. The van der Waals surface area contributed by atoms with Crippen LogP contribution < -0.4 is 10.8 Å². The Morgan fingerprint density at radius 1 is 1.48 bits per heavy atom. The van der Waals surface area contributed by atoms with Gasteiger partial charge < -0.3 is 19.9 Å². The van der Waals surface area contributed by atoms with Gasteiger partial charge in [-0.05, 0) is 12.5 Å². The maximum Gasteiger partial charge on any atom is 0.345 e. The highest BCUT2D eigenvalue weighted by molar-refractivity contribution is 6.02. The second kappa shape index (κ2) is 7.31. The van der Waals surface area contributed by atoms with Gasteiger partial charge in [-0.2, -0.15) is 24.5 Å². The number of aliphatic hydroxyl groups is 1. The van der Waals surface area contributed by atoms with Crippen molar-refractivity contribution in [3.05, 3.63) is 29.2 Å². The minimum atomic E-state index is -2.91. The third-order valence-corrected chi connectivity index (χ3v) is 5.88. The molecule has 0 aromatic carbocycles. The van der Waals surface area contributed by atoms with Crippen molar-refractivity contribution in [2.45, 2.75) is 55.8 Å². The molecule has 0 spiro atoms. The molecule has 4 N–H and O–H groups in total. The van der Waals surface area contributed by atoms with E-state index in [0.29, 0.717) is 37.4 Å². The Morgan fingerprint density at radius 3 is 2.97 bits per heavy atom. The van der Waals surface area contributed by atoms with Crippen molar-refractivity contribution in [2.24, 2.45) is 7.05 Å². The monoisotopic (exact) mass is 440 g/mol. The van der Waals surface area contributed by atoms with E-state index in [2.05, 4.69) is 30.8 Å². The Bertz CT molecular complexity index is 988. The topological polar surface area (TPSA) is 136 Å². The van der Waals surface area contributed by atoms with Gasteiger partial charge in [0.25, 0.3) is 5.91 Å². The molecule has 13 heteroatoms. The van der Waals surface area contributed by atoms with Crippen molar-refractivity contribution in [3.8, 4) is 0 Å². The van der Waals surface area contributed by atoms with Crippen LogP contribution in [0.15, 0.2) is 12.1 Å². The fourth-order valence-corrected chi connectivity index (χ4v) is 3.80. The first-order valence-electron chi connectivity index (χ1n) is 9.84. The number of H-pyrrole nitrogens is 1. The first-order chi connectivity index (χ1) is 14.8. The minimum Gasteiger partial charge on any atom is -0.387 e. The lowest BCUT2D eigenvalue weighted by Crippen LogP contribution is -2.32. The number of alkyl halides is 2. The normalized spacial score (nSPS) is 31.1. The SMILES string of the molecule is Cn1nc(COC(F)F)cc1C(=O)Nc1cc(C2CC(NOC34CC3(O)C4)CO2)[nH]n1. The average molecular weight is 440 g/mol. The summed E-state index contributed by atoms with van der Waals surface area (Å²) in [6, 6.07) is 3.03. The summed E-state index contributed by atoms with van der Waals surface area (Å²) in [5, 5.41) is 23.4. The second-order valence-corrected chi connectivity index (χ2v) is 8.23. The van der Waals surface area contributed by atoms with Crippen LogP contribution in [0.5, 0.6) is 0 Å². The van der Waals surface area contributed by atoms with E-state index in [9.17, 15) is 18.7 Å². The van der Waals surface area contributed by atoms with Crippen LogP contribution in [0.2, 0.25) is 0 Å².